The summed E-state index contributed by atoms with van der Waals surface area (Å²) in [7, 11) is 0. The van der Waals surface area contributed by atoms with E-state index in [4.69, 9.17) is 11.6 Å². The standard InChI is InChI=1S/C12H9ClN2O3/c13-10-3-1-9(2-4-10)12(17)7-15-6-11(5-14-15)18-8-16/h1-6,8H,7H2. The molecule has 0 atom stereocenters. The molecule has 0 unspecified atom stereocenters. The average Bonchev–Trinajstić information content (AvgIpc) is 2.78. The molecule has 5 nitrogen and oxygen atoms in total. The molecule has 0 saturated heterocycles. The van der Waals surface area contributed by atoms with E-state index in [0.29, 0.717) is 22.8 Å². The van der Waals surface area contributed by atoms with Crippen LogP contribution in [0.25, 0.3) is 0 Å². The zero-order valence-electron chi connectivity index (χ0n) is 9.25. The number of hydrogen-bond donors (Lipinski definition) is 0. The van der Waals surface area contributed by atoms with Gasteiger partial charge in [0.15, 0.2) is 11.5 Å². The van der Waals surface area contributed by atoms with Crippen molar-refractivity contribution in [1.82, 2.24) is 9.78 Å². The van der Waals surface area contributed by atoms with Crippen molar-refractivity contribution in [2.24, 2.45) is 0 Å². The molecule has 0 radical (unpaired) electrons. The topological polar surface area (TPSA) is 61.2 Å². The van der Waals surface area contributed by atoms with Crippen molar-refractivity contribution in [3.8, 4) is 5.75 Å². The zero-order chi connectivity index (χ0) is 13.0. The predicted octanol–water partition coefficient (Wildman–Crippen LogP) is 1.95. The number of carbonyl (C=O) groups excluding carboxylic acids is 2. The van der Waals surface area contributed by atoms with Gasteiger partial charge in [-0.1, -0.05) is 11.6 Å². The lowest BCUT2D eigenvalue weighted by molar-refractivity contribution is -0.120. The third-order valence-electron chi connectivity index (χ3n) is 2.27. The highest BCUT2D eigenvalue weighted by atomic mass is 35.5. The Balaban J connectivity index is 2.06. The molecule has 0 bridgehead atoms. The number of ketones is 1. The van der Waals surface area contributed by atoms with Crippen LogP contribution in [0.4, 0.5) is 0 Å². The summed E-state index contributed by atoms with van der Waals surface area (Å²) < 4.78 is 6.00. The summed E-state index contributed by atoms with van der Waals surface area (Å²) in [5.74, 6) is 0.196. The number of carbonyl (C=O) groups is 2. The molecule has 0 amide bonds. The summed E-state index contributed by atoms with van der Waals surface area (Å²) in [6, 6.07) is 6.60. The van der Waals surface area contributed by atoms with Gasteiger partial charge in [-0.3, -0.25) is 14.3 Å². The lowest BCUT2D eigenvalue weighted by atomic mass is 10.1. The number of benzene rings is 1. The number of Topliss-reactive ketones (excluding diaryl/α,β-unsaturated/α-hetero) is 1. The number of nitrogens with zero attached hydrogens (tertiary/aromatic N) is 2. The maximum absolute atomic E-state index is 11.9. The Bertz CT molecular complexity index is 563. The molecule has 2 rings (SSSR count). The molecular weight excluding hydrogens is 256 g/mol. The second kappa shape index (κ2) is 5.46. The van der Waals surface area contributed by atoms with E-state index in [1.807, 2.05) is 0 Å². The Hall–Kier alpha value is -2.14. The van der Waals surface area contributed by atoms with Crippen molar-refractivity contribution >= 4 is 23.9 Å². The molecule has 0 fully saturated rings. The van der Waals surface area contributed by atoms with E-state index >= 15 is 0 Å². The fraction of sp³-hybridized carbons (Fsp3) is 0.0833. The Morgan fingerprint density at radius 2 is 2.11 bits per heavy atom. The van der Waals surface area contributed by atoms with Crippen LogP contribution in [0.1, 0.15) is 10.4 Å². The maximum atomic E-state index is 11.9. The Morgan fingerprint density at radius 1 is 1.39 bits per heavy atom. The molecule has 1 heterocycles. The largest absolute Gasteiger partial charge is 0.425 e. The summed E-state index contributed by atoms with van der Waals surface area (Å²) in [5, 5.41) is 4.48. The van der Waals surface area contributed by atoms with Gasteiger partial charge >= 0.3 is 0 Å². The van der Waals surface area contributed by atoms with Crippen LogP contribution < -0.4 is 4.74 Å². The molecule has 0 aliphatic carbocycles. The van der Waals surface area contributed by atoms with Gasteiger partial charge in [0.1, 0.15) is 6.54 Å². The van der Waals surface area contributed by atoms with Crippen LogP contribution in [-0.4, -0.2) is 22.0 Å². The Labute approximate surface area is 108 Å². The van der Waals surface area contributed by atoms with E-state index in [1.54, 1.807) is 24.3 Å². The number of rotatable bonds is 5. The molecule has 2 aromatic rings. The van der Waals surface area contributed by atoms with Gasteiger partial charge in [0, 0.05) is 10.6 Å². The molecule has 0 aliphatic heterocycles. The van der Waals surface area contributed by atoms with Crippen molar-refractivity contribution in [2.75, 3.05) is 0 Å². The van der Waals surface area contributed by atoms with Crippen LogP contribution >= 0.6 is 11.6 Å². The molecule has 0 N–H and O–H groups in total. The molecule has 1 aromatic carbocycles. The van der Waals surface area contributed by atoms with Crippen LogP contribution in [0.15, 0.2) is 36.7 Å². The van der Waals surface area contributed by atoms with E-state index < -0.39 is 0 Å². The van der Waals surface area contributed by atoms with Crippen LogP contribution in [0.3, 0.4) is 0 Å². The van der Waals surface area contributed by atoms with Gasteiger partial charge in [-0.15, -0.1) is 0 Å². The minimum Gasteiger partial charge on any atom is -0.425 e. The van der Waals surface area contributed by atoms with Crippen molar-refractivity contribution < 1.29 is 14.3 Å². The van der Waals surface area contributed by atoms with Crippen molar-refractivity contribution in [3.05, 3.63) is 47.2 Å². The highest BCUT2D eigenvalue weighted by molar-refractivity contribution is 6.30. The van der Waals surface area contributed by atoms with Gasteiger partial charge < -0.3 is 4.74 Å². The van der Waals surface area contributed by atoms with Gasteiger partial charge in [0.25, 0.3) is 6.47 Å². The lowest BCUT2D eigenvalue weighted by Gasteiger charge is -2.01. The lowest BCUT2D eigenvalue weighted by Crippen LogP contribution is -2.10. The Morgan fingerprint density at radius 3 is 2.78 bits per heavy atom. The Kier molecular flexibility index (Phi) is 3.74. The van der Waals surface area contributed by atoms with E-state index in [-0.39, 0.29) is 12.3 Å². The first kappa shape index (κ1) is 12.3. The maximum Gasteiger partial charge on any atom is 0.298 e. The molecule has 0 spiro atoms. The van der Waals surface area contributed by atoms with E-state index in [9.17, 15) is 9.59 Å². The van der Waals surface area contributed by atoms with Gasteiger partial charge in [0.05, 0.1) is 12.4 Å². The van der Waals surface area contributed by atoms with Crippen molar-refractivity contribution in [1.29, 1.82) is 0 Å². The third-order valence-corrected chi connectivity index (χ3v) is 2.52. The van der Waals surface area contributed by atoms with Crippen molar-refractivity contribution in [2.45, 2.75) is 6.54 Å². The summed E-state index contributed by atoms with van der Waals surface area (Å²) in [6.45, 7) is 0.381. The van der Waals surface area contributed by atoms with Gasteiger partial charge in [-0.25, -0.2) is 0 Å². The van der Waals surface area contributed by atoms with Crippen LogP contribution in [0.5, 0.6) is 5.75 Å². The number of hydrogen-bond acceptors (Lipinski definition) is 4. The molecule has 92 valence electrons. The SMILES string of the molecule is O=COc1cnn(CC(=O)c2ccc(Cl)cc2)c1. The van der Waals surface area contributed by atoms with Gasteiger partial charge in [-0.2, -0.15) is 5.10 Å². The zero-order valence-corrected chi connectivity index (χ0v) is 10.0. The number of ether oxygens (including phenoxy) is 1. The van der Waals surface area contributed by atoms with E-state index in [1.165, 1.54) is 17.1 Å². The van der Waals surface area contributed by atoms with E-state index in [0.717, 1.165) is 0 Å². The molecular formula is C12H9ClN2O3. The minimum absolute atomic E-state index is 0.0733. The second-order valence-electron chi connectivity index (χ2n) is 3.52. The highest BCUT2D eigenvalue weighted by Gasteiger charge is 2.08. The molecule has 0 aliphatic rings. The summed E-state index contributed by atoms with van der Waals surface area (Å²) in [6.07, 6.45) is 2.84. The van der Waals surface area contributed by atoms with Crippen LogP contribution in [-0.2, 0) is 11.3 Å². The molecule has 1 aromatic heterocycles. The van der Waals surface area contributed by atoms with Crippen LogP contribution in [0, 0.1) is 0 Å². The molecule has 0 saturated carbocycles. The first-order valence-corrected chi connectivity index (χ1v) is 5.48. The summed E-state index contributed by atoms with van der Waals surface area (Å²) in [5.41, 5.74) is 0.549. The fourth-order valence-electron chi connectivity index (χ4n) is 1.42. The smallest absolute Gasteiger partial charge is 0.298 e. The number of aromatic nitrogens is 2. The highest BCUT2D eigenvalue weighted by Crippen LogP contribution is 2.12. The first-order valence-electron chi connectivity index (χ1n) is 5.10. The molecule has 18 heavy (non-hydrogen) atoms. The van der Waals surface area contributed by atoms with Crippen molar-refractivity contribution in [3.63, 3.8) is 0 Å². The van der Waals surface area contributed by atoms with Gasteiger partial charge in [0.2, 0.25) is 0 Å². The first-order chi connectivity index (χ1) is 8.69. The summed E-state index contributed by atoms with van der Waals surface area (Å²) in [4.78, 5) is 22.0. The number of halogens is 1. The predicted molar refractivity (Wildman–Crippen MR) is 64.7 cm³/mol. The minimum atomic E-state index is -0.104. The quantitative estimate of drug-likeness (QED) is 0.612. The third kappa shape index (κ3) is 2.95. The molecule has 6 heteroatoms. The van der Waals surface area contributed by atoms with Gasteiger partial charge in [-0.05, 0) is 24.3 Å². The normalized spacial score (nSPS) is 10.1. The summed E-state index contributed by atoms with van der Waals surface area (Å²) >= 11 is 5.74. The van der Waals surface area contributed by atoms with Crippen LogP contribution in [0.2, 0.25) is 5.02 Å². The average molecular weight is 265 g/mol. The monoisotopic (exact) mass is 264 g/mol. The second-order valence-corrected chi connectivity index (χ2v) is 3.95. The fourth-order valence-corrected chi connectivity index (χ4v) is 1.55. The van der Waals surface area contributed by atoms with E-state index in [2.05, 4.69) is 9.84 Å².